The van der Waals surface area contributed by atoms with Crippen molar-refractivity contribution in [1.82, 2.24) is 3.97 Å². The Labute approximate surface area is 176 Å². The van der Waals surface area contributed by atoms with Gasteiger partial charge in [0.25, 0.3) is 10.0 Å². The van der Waals surface area contributed by atoms with Gasteiger partial charge in [0.15, 0.2) is 0 Å². The van der Waals surface area contributed by atoms with Gasteiger partial charge >= 0.3 is 0 Å². The monoisotopic (exact) mass is 437 g/mol. The molecular weight excluding hydrogens is 413 g/mol. The minimum absolute atomic E-state index is 0.0591. The van der Waals surface area contributed by atoms with E-state index in [1.54, 1.807) is 25.3 Å². The summed E-state index contributed by atoms with van der Waals surface area (Å²) in [5.74, 6) is 0.596. The van der Waals surface area contributed by atoms with Crippen molar-refractivity contribution in [3.8, 4) is 5.75 Å². The Kier molecular flexibility index (Phi) is 6.54. The Morgan fingerprint density at radius 2 is 1.93 bits per heavy atom. The summed E-state index contributed by atoms with van der Waals surface area (Å²) < 4.78 is 46.6. The average molecular weight is 438 g/mol. The topological polar surface area (TPSA) is 48.3 Å². The fourth-order valence-electron chi connectivity index (χ4n) is 3.74. The summed E-state index contributed by atoms with van der Waals surface area (Å²) >= 11 is 5.80. The second kappa shape index (κ2) is 8.76. The number of hydrogen-bond acceptors (Lipinski definition) is 3. The highest BCUT2D eigenvalue weighted by atomic mass is 35.5. The molecule has 0 N–H and O–H groups in total. The molecule has 0 saturated carbocycles. The van der Waals surface area contributed by atoms with Gasteiger partial charge in [-0.25, -0.2) is 16.8 Å². The van der Waals surface area contributed by atoms with Crippen molar-refractivity contribution in [3.05, 3.63) is 59.0 Å². The summed E-state index contributed by atoms with van der Waals surface area (Å²) in [5, 5.41) is 0.617. The molecule has 1 atom stereocenters. The number of halogens is 2. The Morgan fingerprint density at radius 3 is 2.55 bits per heavy atom. The van der Waals surface area contributed by atoms with Gasteiger partial charge in [-0.05, 0) is 48.7 Å². The van der Waals surface area contributed by atoms with Crippen LogP contribution >= 0.6 is 11.6 Å². The van der Waals surface area contributed by atoms with Crippen LogP contribution in [0, 0.1) is 11.7 Å². The SMILES string of the molecule is CCCC(CC)Cc1c(OC)ccc2c1ccn2S(=O)(=O)c1ccc(F)c(Cl)c1. The maximum Gasteiger partial charge on any atom is 0.268 e. The summed E-state index contributed by atoms with van der Waals surface area (Å²) in [4.78, 5) is -0.0591. The summed E-state index contributed by atoms with van der Waals surface area (Å²) in [6.07, 6.45) is 5.58. The third-order valence-electron chi connectivity index (χ3n) is 5.34. The third-order valence-corrected chi connectivity index (χ3v) is 7.32. The lowest BCUT2D eigenvalue weighted by molar-refractivity contribution is 0.399. The van der Waals surface area contributed by atoms with E-state index in [4.69, 9.17) is 16.3 Å². The van der Waals surface area contributed by atoms with E-state index in [-0.39, 0.29) is 9.92 Å². The van der Waals surface area contributed by atoms with E-state index >= 15 is 0 Å². The molecule has 0 fully saturated rings. The normalized spacial score (nSPS) is 13.0. The molecule has 2 aromatic carbocycles. The van der Waals surface area contributed by atoms with Gasteiger partial charge in [-0.2, -0.15) is 0 Å². The summed E-state index contributed by atoms with van der Waals surface area (Å²) in [6, 6.07) is 8.76. The molecule has 0 aliphatic rings. The molecule has 7 heteroatoms. The lowest BCUT2D eigenvalue weighted by Gasteiger charge is -2.17. The van der Waals surface area contributed by atoms with E-state index in [0.29, 0.717) is 11.4 Å². The number of methoxy groups -OCH3 is 1. The van der Waals surface area contributed by atoms with Crippen molar-refractivity contribution in [2.75, 3.05) is 7.11 Å². The van der Waals surface area contributed by atoms with Gasteiger partial charge in [0.1, 0.15) is 11.6 Å². The number of hydrogen-bond donors (Lipinski definition) is 0. The third kappa shape index (κ3) is 4.14. The molecule has 1 aromatic heterocycles. The van der Waals surface area contributed by atoms with Crippen LogP contribution in [-0.2, 0) is 16.4 Å². The highest BCUT2D eigenvalue weighted by molar-refractivity contribution is 7.90. The van der Waals surface area contributed by atoms with Crippen LogP contribution in [-0.4, -0.2) is 19.5 Å². The highest BCUT2D eigenvalue weighted by Crippen LogP contribution is 2.34. The minimum atomic E-state index is -3.92. The first-order chi connectivity index (χ1) is 13.8. The van der Waals surface area contributed by atoms with Gasteiger partial charge in [-0.1, -0.05) is 44.7 Å². The van der Waals surface area contributed by atoms with Crippen molar-refractivity contribution in [1.29, 1.82) is 0 Å². The predicted octanol–water partition coefficient (Wildman–Crippen LogP) is 6.05. The van der Waals surface area contributed by atoms with Crippen molar-refractivity contribution < 1.29 is 17.5 Å². The molecule has 1 heterocycles. The van der Waals surface area contributed by atoms with Gasteiger partial charge in [0.2, 0.25) is 0 Å². The van der Waals surface area contributed by atoms with Crippen molar-refractivity contribution in [2.24, 2.45) is 5.92 Å². The van der Waals surface area contributed by atoms with Gasteiger partial charge in [0.05, 0.1) is 22.5 Å². The van der Waals surface area contributed by atoms with E-state index < -0.39 is 15.8 Å². The molecule has 0 aliphatic carbocycles. The van der Waals surface area contributed by atoms with Crippen LogP contribution in [0.5, 0.6) is 5.75 Å². The summed E-state index contributed by atoms with van der Waals surface area (Å²) in [5.41, 5.74) is 1.57. The summed E-state index contributed by atoms with van der Waals surface area (Å²) in [6.45, 7) is 4.33. The molecule has 4 nitrogen and oxygen atoms in total. The largest absolute Gasteiger partial charge is 0.496 e. The number of benzene rings is 2. The number of nitrogens with zero attached hydrogens (tertiary/aromatic N) is 1. The minimum Gasteiger partial charge on any atom is -0.496 e. The van der Waals surface area contributed by atoms with Gasteiger partial charge in [-0.15, -0.1) is 0 Å². The Balaban J connectivity index is 2.14. The smallest absolute Gasteiger partial charge is 0.268 e. The predicted molar refractivity (Wildman–Crippen MR) is 115 cm³/mol. The highest BCUT2D eigenvalue weighted by Gasteiger charge is 2.23. The second-order valence-electron chi connectivity index (χ2n) is 7.14. The molecule has 0 bridgehead atoms. The molecule has 1 unspecified atom stereocenters. The number of fused-ring (bicyclic) bond motifs is 1. The van der Waals surface area contributed by atoms with Crippen LogP contribution in [0.2, 0.25) is 5.02 Å². The van der Waals surface area contributed by atoms with Gasteiger partial charge in [-0.3, -0.25) is 0 Å². The van der Waals surface area contributed by atoms with Crippen LogP contribution < -0.4 is 4.74 Å². The van der Waals surface area contributed by atoms with Crippen LogP contribution in [0.1, 0.15) is 38.7 Å². The lowest BCUT2D eigenvalue weighted by atomic mass is 9.91. The fraction of sp³-hybridized carbons (Fsp3) is 0.364. The van der Waals surface area contributed by atoms with Crippen LogP contribution in [0.25, 0.3) is 10.9 Å². The molecule has 0 spiro atoms. The molecular formula is C22H25ClFNO3S. The van der Waals surface area contributed by atoms with Crippen molar-refractivity contribution >= 4 is 32.5 Å². The van der Waals surface area contributed by atoms with Gasteiger partial charge in [0, 0.05) is 17.1 Å². The quantitative estimate of drug-likeness (QED) is 0.431. The zero-order valence-corrected chi connectivity index (χ0v) is 18.4. The van der Waals surface area contributed by atoms with Crippen LogP contribution in [0.15, 0.2) is 47.5 Å². The standard InChI is InChI=1S/C22H25ClFNO3S/c1-4-6-15(5-2)13-18-17-11-12-25(21(17)9-10-22(18)28-3)29(26,27)16-7-8-20(24)19(23)14-16/h7-12,14-15H,4-6,13H2,1-3H3. The second-order valence-corrected chi connectivity index (χ2v) is 9.36. The van der Waals surface area contributed by atoms with Crippen LogP contribution in [0.4, 0.5) is 4.39 Å². The maximum absolute atomic E-state index is 13.5. The molecule has 0 aliphatic heterocycles. The fourth-order valence-corrected chi connectivity index (χ4v) is 5.36. The zero-order valence-electron chi connectivity index (χ0n) is 16.8. The lowest BCUT2D eigenvalue weighted by Crippen LogP contribution is -2.12. The Hall–Kier alpha value is -2.05. The first kappa shape index (κ1) is 21.7. The molecule has 156 valence electrons. The van der Waals surface area contributed by atoms with E-state index in [2.05, 4.69) is 13.8 Å². The molecule has 3 aromatic rings. The van der Waals surface area contributed by atoms with E-state index in [1.165, 1.54) is 16.2 Å². The molecule has 0 amide bonds. The first-order valence-electron chi connectivity index (χ1n) is 9.71. The van der Waals surface area contributed by atoms with Crippen LogP contribution in [0.3, 0.4) is 0 Å². The number of rotatable bonds is 8. The Bertz CT molecular complexity index is 1120. The number of aromatic nitrogens is 1. The van der Waals surface area contributed by atoms with E-state index in [1.807, 2.05) is 0 Å². The first-order valence-corrected chi connectivity index (χ1v) is 11.5. The molecule has 0 radical (unpaired) electrons. The van der Waals surface area contributed by atoms with Gasteiger partial charge < -0.3 is 4.74 Å². The number of ether oxygens (including phenoxy) is 1. The van der Waals surface area contributed by atoms with Crippen molar-refractivity contribution in [2.45, 2.75) is 44.4 Å². The molecule has 3 rings (SSSR count). The van der Waals surface area contributed by atoms with E-state index in [0.717, 1.165) is 54.5 Å². The molecule has 0 saturated heterocycles. The zero-order chi connectivity index (χ0) is 21.2. The summed E-state index contributed by atoms with van der Waals surface area (Å²) in [7, 11) is -2.29. The van der Waals surface area contributed by atoms with Crippen molar-refractivity contribution in [3.63, 3.8) is 0 Å². The molecule has 29 heavy (non-hydrogen) atoms. The van der Waals surface area contributed by atoms with E-state index in [9.17, 15) is 12.8 Å². The average Bonchev–Trinajstić information content (AvgIpc) is 3.15. The maximum atomic E-state index is 13.5. The Morgan fingerprint density at radius 1 is 1.17 bits per heavy atom.